The Balaban J connectivity index is 0.000000177. The van der Waals surface area contributed by atoms with E-state index in [4.69, 9.17) is 29.5 Å². The summed E-state index contributed by atoms with van der Waals surface area (Å²) >= 11 is 0. The molecule has 0 saturated heterocycles. The molecule has 0 unspecified atom stereocenters. The highest BCUT2D eigenvalue weighted by Crippen LogP contribution is 2.30. The lowest BCUT2D eigenvalue weighted by Crippen LogP contribution is -2.28. The molecule has 0 radical (unpaired) electrons. The normalized spacial score (nSPS) is 11.1. The summed E-state index contributed by atoms with van der Waals surface area (Å²) in [4.78, 5) is 69.4. The highest BCUT2D eigenvalue weighted by Gasteiger charge is 2.17. The van der Waals surface area contributed by atoms with Crippen molar-refractivity contribution in [3.63, 3.8) is 0 Å². The van der Waals surface area contributed by atoms with Crippen molar-refractivity contribution in [1.29, 1.82) is 0 Å². The zero-order valence-electron chi connectivity index (χ0n) is 61.7. The Labute approximate surface area is 638 Å². The summed E-state index contributed by atoms with van der Waals surface area (Å²) in [6.45, 7) is 15.6. The molecule has 0 spiro atoms. The molecule has 0 aliphatic rings. The summed E-state index contributed by atoms with van der Waals surface area (Å²) in [6, 6.07) is 39.2. The fourth-order valence-electron chi connectivity index (χ4n) is 11.6. The Morgan fingerprint density at radius 3 is 0.955 bits per heavy atom. The largest absolute Gasteiger partial charge is 0.493 e. The van der Waals surface area contributed by atoms with E-state index in [2.05, 4.69) is 128 Å². The number of ether oxygens (including phenoxy) is 3. The number of carbonyl (C=O) groups is 3. The fraction of sp³-hybridized carbons (Fsp3) is 0.308. The number of aliphatic hydroxyl groups excluding tert-OH is 3. The highest BCUT2D eigenvalue weighted by atomic mass is 19.1. The summed E-state index contributed by atoms with van der Waals surface area (Å²) in [6.07, 6.45) is 7.08. The van der Waals surface area contributed by atoms with Gasteiger partial charge >= 0.3 is 0 Å². The number of rotatable bonds is 39. The van der Waals surface area contributed by atoms with Gasteiger partial charge in [0.05, 0.1) is 75.5 Å². The molecule has 0 aliphatic carbocycles. The van der Waals surface area contributed by atoms with E-state index in [9.17, 15) is 27.6 Å². The lowest BCUT2D eigenvalue weighted by molar-refractivity contribution is -0.116. The second-order valence-corrected chi connectivity index (χ2v) is 25.2. The van der Waals surface area contributed by atoms with E-state index in [1.54, 1.807) is 36.4 Å². The summed E-state index contributed by atoms with van der Waals surface area (Å²) in [5.41, 5.74) is 5.10. The van der Waals surface area contributed by atoms with Crippen molar-refractivity contribution < 1.29 is 57.1 Å². The van der Waals surface area contributed by atoms with Crippen molar-refractivity contribution in [2.75, 3.05) is 130 Å². The molecular formula is C78H90F3N21O9. The third kappa shape index (κ3) is 26.0. The van der Waals surface area contributed by atoms with Crippen LogP contribution >= 0.6 is 0 Å². The molecule has 12 rings (SSSR count). The molecule has 30 nitrogen and oxygen atoms in total. The summed E-state index contributed by atoms with van der Waals surface area (Å²) in [5, 5.41) is 68.2. The Morgan fingerprint density at radius 2 is 0.685 bits per heavy atom. The van der Waals surface area contributed by atoms with E-state index in [1.165, 1.54) is 73.6 Å². The predicted molar refractivity (Wildman–Crippen MR) is 418 cm³/mol. The van der Waals surface area contributed by atoms with Crippen LogP contribution in [0.25, 0.3) is 32.7 Å². The van der Waals surface area contributed by atoms with Crippen molar-refractivity contribution >= 4 is 102 Å². The Kier molecular flexibility index (Phi) is 31.1. The maximum Gasteiger partial charge on any atom is 0.230 e. The number of hydrogen-bond donors (Lipinski definition) is 12. The number of halogens is 3. The van der Waals surface area contributed by atoms with Gasteiger partial charge in [-0.2, -0.15) is 15.3 Å². The first-order chi connectivity index (χ1) is 54.1. The minimum Gasteiger partial charge on any atom is -0.493 e. The molecule has 12 N–H and O–H groups in total. The number of nitrogens with one attached hydrogen (secondary N) is 9. The predicted octanol–water partition coefficient (Wildman–Crippen LogP) is 10.5. The molecule has 12 aromatic rings. The van der Waals surface area contributed by atoms with Crippen molar-refractivity contribution in [3.05, 3.63) is 199 Å². The molecular weight excluding hydrogens is 1430 g/mol. The van der Waals surface area contributed by atoms with Crippen LogP contribution in [0.5, 0.6) is 17.2 Å². The van der Waals surface area contributed by atoms with E-state index >= 15 is 0 Å². The van der Waals surface area contributed by atoms with Crippen molar-refractivity contribution in [2.24, 2.45) is 0 Å². The lowest BCUT2D eigenvalue weighted by Gasteiger charge is -2.18. The van der Waals surface area contributed by atoms with Gasteiger partial charge in [-0.25, -0.2) is 43.1 Å². The summed E-state index contributed by atoms with van der Waals surface area (Å²) < 4.78 is 57.6. The van der Waals surface area contributed by atoms with Crippen LogP contribution in [0.1, 0.15) is 57.1 Å². The molecule has 0 aliphatic heterocycles. The first kappa shape index (κ1) is 81.3. The monoisotopic (exact) mass is 1520 g/mol. The minimum atomic E-state index is -0.417. The van der Waals surface area contributed by atoms with Crippen LogP contribution in [-0.4, -0.2) is 207 Å². The van der Waals surface area contributed by atoms with E-state index in [0.29, 0.717) is 126 Å². The molecule has 0 atom stereocenters. The number of H-pyrrole nitrogens is 3. The SMILES string of the molecule is CCN(CCO)CCCOc1ccc2c(Nc3cc(CC(=O)Nc4cccc(F)c4)[nH]n3)ncnc2c1.CCN(CCO)CCCOc1ccc2c(Nc3cc(CC(=O)Nc4cccc(F)c4)[nH]n3)ncnc2c1.CCN(CCO)CCCOc1ccc2c(Nc3cc(CC(=O)Nc4cccc(F)c4)[nH]n3)ncnc2c1. The lowest BCUT2D eigenvalue weighted by atomic mass is 10.2. The molecule has 0 saturated carbocycles. The second-order valence-electron chi connectivity index (χ2n) is 25.2. The Morgan fingerprint density at radius 1 is 0.387 bits per heavy atom. The van der Waals surface area contributed by atoms with E-state index in [0.717, 1.165) is 91.2 Å². The zero-order chi connectivity index (χ0) is 78.1. The van der Waals surface area contributed by atoms with Crippen LogP contribution in [0.15, 0.2) is 165 Å². The molecule has 6 heterocycles. The third-order valence-corrected chi connectivity index (χ3v) is 17.1. The van der Waals surface area contributed by atoms with Gasteiger partial charge in [-0.3, -0.25) is 29.7 Å². The number of fused-ring (bicyclic) bond motifs is 3. The van der Waals surface area contributed by atoms with Gasteiger partial charge in [0.1, 0.15) is 71.1 Å². The van der Waals surface area contributed by atoms with E-state index < -0.39 is 17.5 Å². The van der Waals surface area contributed by atoms with Crippen LogP contribution in [0.3, 0.4) is 0 Å². The molecule has 582 valence electrons. The summed E-state index contributed by atoms with van der Waals surface area (Å²) in [7, 11) is 0. The van der Waals surface area contributed by atoms with Crippen molar-refractivity contribution in [3.8, 4) is 17.2 Å². The number of amides is 3. The smallest absolute Gasteiger partial charge is 0.230 e. The maximum atomic E-state index is 13.3. The van der Waals surface area contributed by atoms with E-state index in [1.807, 2.05) is 54.6 Å². The van der Waals surface area contributed by atoms with Crippen LogP contribution in [0.4, 0.5) is 65.1 Å². The molecule has 0 fully saturated rings. The van der Waals surface area contributed by atoms with Gasteiger partial charge < -0.3 is 76.1 Å². The van der Waals surface area contributed by atoms with Crippen LogP contribution in [-0.2, 0) is 33.6 Å². The molecule has 3 amide bonds. The number of carbonyl (C=O) groups excluding carboxylic acids is 3. The van der Waals surface area contributed by atoms with Crippen molar-refractivity contribution in [1.82, 2.24) is 75.2 Å². The van der Waals surface area contributed by atoms with Gasteiger partial charge in [-0.15, -0.1) is 0 Å². The second kappa shape index (κ2) is 42.5. The highest BCUT2D eigenvalue weighted by molar-refractivity contribution is 5.96. The number of nitrogens with zero attached hydrogens (tertiary/aromatic N) is 12. The van der Waals surface area contributed by atoms with Gasteiger partial charge in [0.15, 0.2) is 17.5 Å². The van der Waals surface area contributed by atoms with Gasteiger partial charge in [0.2, 0.25) is 17.7 Å². The number of aromatic nitrogens is 12. The number of likely N-dealkylation sites (N-methyl/N-ethyl adjacent to an activating group) is 3. The van der Waals surface area contributed by atoms with Crippen LogP contribution in [0, 0.1) is 17.5 Å². The minimum absolute atomic E-state index is 0.0480. The van der Waals surface area contributed by atoms with Gasteiger partial charge in [0, 0.05) is 126 Å². The Hall–Kier alpha value is -12.3. The van der Waals surface area contributed by atoms with Crippen LogP contribution < -0.4 is 46.1 Å². The average molecular weight is 1520 g/mol. The van der Waals surface area contributed by atoms with Crippen LogP contribution in [0.2, 0.25) is 0 Å². The van der Waals surface area contributed by atoms with Gasteiger partial charge in [0.25, 0.3) is 0 Å². The Bertz CT molecular complexity index is 4470. The average Bonchev–Trinajstić information content (AvgIpc) is 1.72. The quantitative estimate of drug-likeness (QED) is 0.0159. The van der Waals surface area contributed by atoms with Crippen molar-refractivity contribution in [2.45, 2.75) is 59.3 Å². The third-order valence-electron chi connectivity index (χ3n) is 17.1. The standard InChI is InChI=1S/3C26H30FN7O3/c3*1-2-34(10-11-35)9-4-12-37-21-7-8-22-23(16-21)28-17-29-26(22)31-24-14-20(32-33-24)15-25(36)30-19-6-3-5-18(27)13-19/h3*3,5-8,13-14,16-17,35H,2,4,9-12,15H2,1H3,(H,30,36)(H2,28,29,31,32,33). The molecule has 6 aromatic heterocycles. The number of aromatic amines is 3. The number of anilines is 9. The number of hydrogen-bond acceptors (Lipinski definition) is 24. The first-order valence-corrected chi connectivity index (χ1v) is 36.3. The van der Waals surface area contributed by atoms with E-state index in [-0.39, 0.29) is 56.8 Å². The van der Waals surface area contributed by atoms with Gasteiger partial charge in [-0.05, 0) is 130 Å². The number of aliphatic hydroxyl groups is 3. The molecule has 6 aromatic carbocycles. The molecule has 33 heteroatoms. The fourth-order valence-corrected chi connectivity index (χ4v) is 11.6. The van der Waals surface area contributed by atoms with Gasteiger partial charge in [-0.1, -0.05) is 39.0 Å². The molecule has 0 bridgehead atoms. The number of benzene rings is 6. The topological polar surface area (TPSA) is 385 Å². The summed E-state index contributed by atoms with van der Waals surface area (Å²) in [5.74, 6) is 3.22. The maximum absolute atomic E-state index is 13.3. The first-order valence-electron chi connectivity index (χ1n) is 36.3. The molecule has 111 heavy (non-hydrogen) atoms. The zero-order valence-corrected chi connectivity index (χ0v) is 61.7.